The second-order valence-electron chi connectivity index (χ2n) is 6.72. The fourth-order valence-electron chi connectivity index (χ4n) is 2.98. The van der Waals surface area contributed by atoms with Gasteiger partial charge >= 0.3 is 12.1 Å². The summed E-state index contributed by atoms with van der Waals surface area (Å²) < 4.78 is 10.9. The summed E-state index contributed by atoms with van der Waals surface area (Å²) in [7, 11) is 0. The molecule has 2 heterocycles. The first-order chi connectivity index (χ1) is 13.5. The second kappa shape index (κ2) is 9.16. The first-order valence-electron chi connectivity index (χ1n) is 9.21. The molecule has 1 fully saturated rings. The van der Waals surface area contributed by atoms with Crippen molar-refractivity contribution in [2.75, 3.05) is 19.6 Å². The highest BCUT2D eigenvalue weighted by molar-refractivity contribution is 5.82. The van der Waals surface area contributed by atoms with E-state index in [1.807, 2.05) is 50.2 Å². The lowest BCUT2D eigenvalue weighted by atomic mass is 10.2. The van der Waals surface area contributed by atoms with Gasteiger partial charge in [-0.3, -0.25) is 4.79 Å². The number of hydrogen-bond donors (Lipinski definition) is 1. The molecule has 0 spiro atoms. The van der Waals surface area contributed by atoms with Crippen LogP contribution in [0.25, 0.3) is 0 Å². The molecule has 0 aliphatic carbocycles. The van der Waals surface area contributed by atoms with Gasteiger partial charge in [-0.05, 0) is 25.5 Å². The van der Waals surface area contributed by atoms with Crippen LogP contribution in [0.3, 0.4) is 0 Å². The number of carbonyl (C=O) groups is 2. The molecule has 28 heavy (non-hydrogen) atoms. The van der Waals surface area contributed by atoms with Crippen molar-refractivity contribution < 1.29 is 19.1 Å². The quantitative estimate of drug-likeness (QED) is 0.819. The second-order valence-corrected chi connectivity index (χ2v) is 6.72. The van der Waals surface area contributed by atoms with E-state index in [0.29, 0.717) is 25.5 Å². The smallest absolute Gasteiger partial charge is 0.407 e. The van der Waals surface area contributed by atoms with Crippen LogP contribution < -0.4 is 10.1 Å². The molecule has 2 aromatic rings. The number of aryl methyl sites for hydroxylation is 2. The van der Waals surface area contributed by atoms with Gasteiger partial charge in [0.1, 0.15) is 19.3 Å². The largest absolute Gasteiger partial charge is 0.458 e. The molecule has 0 saturated carbocycles. The number of carbonyl (C=O) groups excluding carboxylic acids is 2. The summed E-state index contributed by atoms with van der Waals surface area (Å²) in [4.78, 5) is 34.2. The van der Waals surface area contributed by atoms with E-state index in [9.17, 15) is 9.59 Å². The van der Waals surface area contributed by atoms with Gasteiger partial charge in [0.2, 0.25) is 5.91 Å². The molecule has 3 rings (SSSR count). The Hall–Kier alpha value is -3.16. The monoisotopic (exact) mass is 384 g/mol. The van der Waals surface area contributed by atoms with E-state index in [4.69, 9.17) is 9.47 Å². The van der Waals surface area contributed by atoms with Crippen molar-refractivity contribution in [1.29, 1.82) is 0 Å². The van der Waals surface area contributed by atoms with Crippen molar-refractivity contribution in [3.05, 3.63) is 53.3 Å². The van der Waals surface area contributed by atoms with Gasteiger partial charge in [-0.25, -0.2) is 14.8 Å². The lowest BCUT2D eigenvalue weighted by Gasteiger charge is -2.17. The number of likely N-dealkylation sites (tertiary alicyclic amines) is 1. The highest BCUT2D eigenvalue weighted by Gasteiger charge is 2.28. The summed E-state index contributed by atoms with van der Waals surface area (Å²) in [6, 6.07) is 11.6. The minimum atomic E-state index is -0.618. The molecule has 8 nitrogen and oxygen atoms in total. The van der Waals surface area contributed by atoms with E-state index < -0.39 is 6.09 Å². The van der Waals surface area contributed by atoms with Crippen LogP contribution in [-0.4, -0.2) is 52.6 Å². The Kier molecular flexibility index (Phi) is 6.41. The van der Waals surface area contributed by atoms with Crippen LogP contribution in [-0.2, 0) is 16.1 Å². The average molecular weight is 384 g/mol. The lowest BCUT2D eigenvalue weighted by Crippen LogP contribution is -2.40. The number of rotatable bonds is 6. The van der Waals surface area contributed by atoms with E-state index in [-0.39, 0.29) is 25.2 Å². The summed E-state index contributed by atoms with van der Waals surface area (Å²) >= 11 is 0. The van der Waals surface area contributed by atoms with E-state index in [1.165, 1.54) is 0 Å². The van der Waals surface area contributed by atoms with Crippen LogP contribution in [0.2, 0.25) is 0 Å². The highest BCUT2D eigenvalue weighted by Crippen LogP contribution is 2.16. The SMILES string of the molecule is Cc1cc(C)nc(OC2CCN(C(=O)CNC(=O)OCc3ccccc3)C2)n1. The van der Waals surface area contributed by atoms with Crippen molar-refractivity contribution in [2.24, 2.45) is 0 Å². The third-order valence-electron chi connectivity index (χ3n) is 4.33. The Morgan fingerprint density at radius 3 is 2.61 bits per heavy atom. The zero-order valence-corrected chi connectivity index (χ0v) is 16.1. The predicted molar refractivity (Wildman–Crippen MR) is 102 cm³/mol. The van der Waals surface area contributed by atoms with Gasteiger partial charge in [0, 0.05) is 24.4 Å². The standard InChI is InChI=1S/C20H24N4O4/c1-14-10-15(2)23-19(22-14)28-17-8-9-24(12-17)18(25)11-21-20(26)27-13-16-6-4-3-5-7-16/h3-7,10,17H,8-9,11-13H2,1-2H3,(H,21,26). The maximum Gasteiger partial charge on any atom is 0.407 e. The first-order valence-corrected chi connectivity index (χ1v) is 9.21. The Labute approximate surface area is 163 Å². The Bertz CT molecular complexity index is 808. The van der Waals surface area contributed by atoms with Crippen LogP contribution in [0.4, 0.5) is 4.79 Å². The lowest BCUT2D eigenvalue weighted by molar-refractivity contribution is -0.129. The van der Waals surface area contributed by atoms with Gasteiger partial charge in [0.15, 0.2) is 0 Å². The molecule has 2 amide bonds. The molecule has 148 valence electrons. The fraction of sp³-hybridized carbons (Fsp3) is 0.400. The van der Waals surface area contributed by atoms with E-state index >= 15 is 0 Å². The molecule has 1 atom stereocenters. The van der Waals surface area contributed by atoms with Gasteiger partial charge in [0.05, 0.1) is 6.54 Å². The van der Waals surface area contributed by atoms with Crippen LogP contribution in [0, 0.1) is 13.8 Å². The summed E-state index contributed by atoms with van der Waals surface area (Å²) in [5.74, 6) is -0.177. The van der Waals surface area contributed by atoms with E-state index in [2.05, 4.69) is 15.3 Å². The average Bonchev–Trinajstić information content (AvgIpc) is 3.13. The van der Waals surface area contributed by atoms with Gasteiger partial charge in [0.25, 0.3) is 0 Å². The highest BCUT2D eigenvalue weighted by atomic mass is 16.5. The summed E-state index contributed by atoms with van der Waals surface area (Å²) in [6.07, 6.45) is -0.0800. The number of nitrogens with one attached hydrogen (secondary N) is 1. The van der Waals surface area contributed by atoms with Gasteiger partial charge in [-0.15, -0.1) is 0 Å². The van der Waals surface area contributed by atoms with Crippen molar-refractivity contribution in [3.63, 3.8) is 0 Å². The van der Waals surface area contributed by atoms with Crippen molar-refractivity contribution in [1.82, 2.24) is 20.2 Å². The van der Waals surface area contributed by atoms with Gasteiger partial charge < -0.3 is 19.7 Å². The molecule has 1 aliphatic heterocycles. The Balaban J connectivity index is 1.40. The molecular formula is C20H24N4O4. The predicted octanol–water partition coefficient (Wildman–Crippen LogP) is 2.00. The molecule has 0 bridgehead atoms. The van der Waals surface area contributed by atoms with Crippen LogP contribution >= 0.6 is 0 Å². The Morgan fingerprint density at radius 2 is 1.89 bits per heavy atom. The molecule has 1 saturated heterocycles. The van der Waals surface area contributed by atoms with E-state index in [0.717, 1.165) is 17.0 Å². The van der Waals surface area contributed by atoms with Crippen molar-refractivity contribution in [3.8, 4) is 6.01 Å². The van der Waals surface area contributed by atoms with Crippen LogP contribution in [0.5, 0.6) is 6.01 Å². The fourth-order valence-corrected chi connectivity index (χ4v) is 2.98. The molecule has 1 aromatic carbocycles. The van der Waals surface area contributed by atoms with Crippen LogP contribution in [0.1, 0.15) is 23.4 Å². The molecule has 1 aromatic heterocycles. The van der Waals surface area contributed by atoms with Gasteiger partial charge in [-0.1, -0.05) is 30.3 Å². The molecule has 1 unspecified atom stereocenters. The van der Waals surface area contributed by atoms with Crippen molar-refractivity contribution in [2.45, 2.75) is 33.0 Å². The topological polar surface area (TPSA) is 93.7 Å². The number of hydrogen-bond acceptors (Lipinski definition) is 6. The number of amides is 2. The number of ether oxygens (including phenoxy) is 2. The summed E-state index contributed by atoms with van der Waals surface area (Å²) in [6.45, 7) is 4.82. The zero-order chi connectivity index (χ0) is 19.9. The molecular weight excluding hydrogens is 360 g/mol. The number of aromatic nitrogens is 2. The number of nitrogens with zero attached hydrogens (tertiary/aromatic N) is 3. The molecule has 1 N–H and O–H groups in total. The zero-order valence-electron chi connectivity index (χ0n) is 16.1. The normalized spacial score (nSPS) is 15.9. The molecule has 0 radical (unpaired) electrons. The maximum absolute atomic E-state index is 12.3. The minimum Gasteiger partial charge on any atom is -0.458 e. The molecule has 8 heteroatoms. The van der Waals surface area contributed by atoms with Crippen LogP contribution in [0.15, 0.2) is 36.4 Å². The number of benzene rings is 1. The van der Waals surface area contributed by atoms with E-state index in [1.54, 1.807) is 4.90 Å². The Morgan fingerprint density at radius 1 is 1.18 bits per heavy atom. The number of alkyl carbamates (subject to hydrolysis) is 1. The molecule has 1 aliphatic rings. The summed E-state index contributed by atoms with van der Waals surface area (Å²) in [5.41, 5.74) is 2.57. The third kappa shape index (κ3) is 5.67. The van der Waals surface area contributed by atoms with Gasteiger partial charge in [-0.2, -0.15) is 0 Å². The first kappa shape index (κ1) is 19.6. The van der Waals surface area contributed by atoms with Crippen molar-refractivity contribution >= 4 is 12.0 Å². The minimum absolute atomic E-state index is 0.111. The maximum atomic E-state index is 12.3. The summed E-state index contributed by atoms with van der Waals surface area (Å²) in [5, 5.41) is 2.49. The third-order valence-corrected chi connectivity index (χ3v) is 4.33.